The van der Waals surface area contributed by atoms with E-state index in [0.717, 1.165) is 30.5 Å². The molecule has 0 aromatic heterocycles. The number of benzene rings is 1. The van der Waals surface area contributed by atoms with E-state index in [4.69, 9.17) is 4.74 Å². The number of hydrogen-bond acceptors (Lipinski definition) is 5. The Kier molecular flexibility index (Phi) is 2.07. The molecule has 2 aliphatic carbocycles. The Balaban J connectivity index is 1.87. The summed E-state index contributed by atoms with van der Waals surface area (Å²) in [6.07, 6.45) is 1.52. The van der Waals surface area contributed by atoms with Gasteiger partial charge >= 0.3 is 0 Å². The van der Waals surface area contributed by atoms with Gasteiger partial charge in [0.05, 0.1) is 17.1 Å². The van der Waals surface area contributed by atoms with Gasteiger partial charge in [-0.1, -0.05) is 6.07 Å². The Bertz CT molecular complexity index is 647. The van der Waals surface area contributed by atoms with Crippen LogP contribution in [-0.2, 0) is 11.8 Å². The van der Waals surface area contributed by atoms with Gasteiger partial charge in [-0.25, -0.2) is 0 Å². The minimum absolute atomic E-state index is 0.00663. The first-order chi connectivity index (χ1) is 10.1. The molecular formula is C16H19NO4. The van der Waals surface area contributed by atoms with E-state index in [9.17, 15) is 15.3 Å². The molecule has 1 aromatic carbocycles. The molecule has 1 unspecified atom stereocenters. The highest BCUT2D eigenvalue weighted by Gasteiger charge is 2.71. The van der Waals surface area contributed by atoms with Crippen LogP contribution >= 0.6 is 0 Å². The fourth-order valence-electron chi connectivity index (χ4n) is 5.42. The smallest absolute Gasteiger partial charge is 0.165 e. The van der Waals surface area contributed by atoms with Gasteiger partial charge in [0, 0.05) is 11.6 Å². The fraction of sp³-hybridized carbons (Fsp3) is 0.625. The van der Waals surface area contributed by atoms with Gasteiger partial charge < -0.3 is 25.4 Å². The average molecular weight is 289 g/mol. The number of aliphatic hydroxyl groups excluding tert-OH is 1. The minimum atomic E-state index is -0.902. The van der Waals surface area contributed by atoms with Crippen molar-refractivity contribution in [3.8, 4) is 11.5 Å². The topological polar surface area (TPSA) is 82.0 Å². The first kappa shape index (κ1) is 12.3. The quantitative estimate of drug-likeness (QED) is 0.548. The number of hydrogen-bond donors (Lipinski definition) is 4. The van der Waals surface area contributed by atoms with Gasteiger partial charge in [0.15, 0.2) is 11.5 Å². The summed E-state index contributed by atoms with van der Waals surface area (Å²) >= 11 is 0. The van der Waals surface area contributed by atoms with E-state index < -0.39 is 23.2 Å². The van der Waals surface area contributed by atoms with Crippen LogP contribution < -0.4 is 10.1 Å². The third kappa shape index (κ3) is 1.14. The average Bonchev–Trinajstić information content (AvgIpc) is 2.80. The van der Waals surface area contributed by atoms with Crippen LogP contribution in [0.3, 0.4) is 0 Å². The fourth-order valence-corrected chi connectivity index (χ4v) is 5.42. The van der Waals surface area contributed by atoms with Crippen LogP contribution in [0, 0.1) is 0 Å². The maximum absolute atomic E-state index is 11.5. The van der Waals surface area contributed by atoms with Crippen LogP contribution in [0.15, 0.2) is 12.1 Å². The molecule has 4 aliphatic rings. The molecular weight excluding hydrogens is 270 g/mol. The Morgan fingerprint density at radius 1 is 1.29 bits per heavy atom. The second kappa shape index (κ2) is 3.54. The summed E-state index contributed by atoms with van der Waals surface area (Å²) in [6, 6.07) is 3.59. The Morgan fingerprint density at radius 2 is 2.14 bits per heavy atom. The summed E-state index contributed by atoms with van der Waals surface area (Å²) in [5.41, 5.74) is 0.594. The zero-order valence-corrected chi connectivity index (χ0v) is 11.7. The summed E-state index contributed by atoms with van der Waals surface area (Å²) in [5, 5.41) is 35.6. The lowest BCUT2D eigenvalue weighted by Gasteiger charge is -2.61. The molecule has 0 amide bonds. The van der Waals surface area contributed by atoms with Gasteiger partial charge in [-0.3, -0.25) is 0 Å². The van der Waals surface area contributed by atoms with E-state index in [1.807, 2.05) is 6.07 Å². The second-order valence-corrected chi connectivity index (χ2v) is 6.95. The van der Waals surface area contributed by atoms with Crippen LogP contribution in [0.1, 0.15) is 30.4 Å². The summed E-state index contributed by atoms with van der Waals surface area (Å²) in [4.78, 5) is 0. The maximum Gasteiger partial charge on any atom is 0.165 e. The van der Waals surface area contributed by atoms with Gasteiger partial charge in [-0.15, -0.1) is 0 Å². The minimum Gasteiger partial charge on any atom is -0.504 e. The molecule has 0 radical (unpaired) electrons. The van der Waals surface area contributed by atoms with Crippen molar-refractivity contribution in [3.63, 3.8) is 0 Å². The molecule has 5 nitrogen and oxygen atoms in total. The van der Waals surface area contributed by atoms with Gasteiger partial charge in [-0.2, -0.15) is 0 Å². The lowest BCUT2D eigenvalue weighted by Crippen LogP contribution is -2.76. The van der Waals surface area contributed by atoms with E-state index in [-0.39, 0.29) is 11.8 Å². The number of rotatable bonds is 0. The summed E-state index contributed by atoms with van der Waals surface area (Å²) in [6.45, 7) is 0.800. The number of phenolic OH excluding ortho intramolecular Hbond substituents is 1. The molecule has 1 saturated heterocycles. The second-order valence-electron chi connectivity index (χ2n) is 6.95. The molecule has 1 aromatic rings. The maximum atomic E-state index is 11.5. The lowest BCUT2D eigenvalue weighted by molar-refractivity contribution is -0.179. The lowest BCUT2D eigenvalue weighted by atomic mass is 9.49. The zero-order chi connectivity index (χ0) is 14.4. The van der Waals surface area contributed by atoms with E-state index in [1.165, 1.54) is 0 Å². The predicted molar refractivity (Wildman–Crippen MR) is 74.5 cm³/mol. The van der Waals surface area contributed by atoms with Crippen LogP contribution in [0.4, 0.5) is 0 Å². The van der Waals surface area contributed by atoms with E-state index >= 15 is 0 Å². The molecule has 2 heterocycles. The summed E-state index contributed by atoms with van der Waals surface area (Å²) in [7, 11) is 0. The van der Waals surface area contributed by atoms with E-state index in [1.54, 1.807) is 6.07 Å². The van der Waals surface area contributed by atoms with Crippen molar-refractivity contribution in [2.75, 3.05) is 6.54 Å². The molecule has 5 rings (SSSR count). The number of nitrogens with one attached hydrogen (secondary N) is 1. The molecule has 5 atom stereocenters. The molecule has 2 aliphatic heterocycles. The van der Waals surface area contributed by atoms with Gasteiger partial charge in [0.2, 0.25) is 0 Å². The molecule has 1 saturated carbocycles. The van der Waals surface area contributed by atoms with Crippen molar-refractivity contribution in [1.29, 1.82) is 0 Å². The van der Waals surface area contributed by atoms with Crippen LogP contribution in [0.2, 0.25) is 0 Å². The first-order valence-corrected chi connectivity index (χ1v) is 7.74. The number of aromatic hydroxyl groups is 1. The summed E-state index contributed by atoms with van der Waals surface area (Å²) < 4.78 is 6.00. The largest absolute Gasteiger partial charge is 0.504 e. The van der Waals surface area contributed by atoms with Gasteiger partial charge in [-0.05, 0) is 43.9 Å². The number of aliphatic hydroxyl groups is 2. The van der Waals surface area contributed by atoms with Crippen LogP contribution in [-0.4, -0.2) is 45.7 Å². The van der Waals surface area contributed by atoms with Gasteiger partial charge in [0.25, 0.3) is 0 Å². The normalized spacial score (nSPS) is 45.9. The SMILES string of the molecule is Oc1ccc2c3c1OC1[C@@H](O)CC[C@@]4(O)[C@@H](C2)NCC[C@]314. The molecule has 21 heavy (non-hydrogen) atoms. The Labute approximate surface area is 122 Å². The molecule has 112 valence electrons. The van der Waals surface area contributed by atoms with Crippen molar-refractivity contribution in [1.82, 2.24) is 5.32 Å². The third-order valence-electron chi connectivity index (χ3n) is 6.25. The van der Waals surface area contributed by atoms with Crippen molar-refractivity contribution in [2.24, 2.45) is 0 Å². The zero-order valence-electron chi connectivity index (χ0n) is 11.7. The van der Waals surface area contributed by atoms with E-state index in [0.29, 0.717) is 18.6 Å². The first-order valence-electron chi connectivity index (χ1n) is 7.74. The molecule has 4 N–H and O–H groups in total. The molecule has 5 heteroatoms. The highest BCUT2D eigenvalue weighted by molar-refractivity contribution is 5.62. The van der Waals surface area contributed by atoms with Gasteiger partial charge in [0.1, 0.15) is 6.10 Å². The van der Waals surface area contributed by atoms with Crippen LogP contribution in [0.5, 0.6) is 11.5 Å². The van der Waals surface area contributed by atoms with E-state index in [2.05, 4.69) is 5.32 Å². The summed E-state index contributed by atoms with van der Waals surface area (Å²) in [5.74, 6) is 0.598. The van der Waals surface area contributed by atoms with Crippen molar-refractivity contribution in [2.45, 2.75) is 54.9 Å². The van der Waals surface area contributed by atoms with Crippen molar-refractivity contribution in [3.05, 3.63) is 23.3 Å². The molecule has 2 fully saturated rings. The standard InChI is InChI=1S/C16H19NO4/c18-9-2-1-8-7-11-16(20)4-3-10(19)14-15(16,5-6-17-11)12(8)13(9)21-14/h1-2,10-11,14,17-20H,3-7H2/t10-,11+,14?,15-,16+/m0/s1. The third-order valence-corrected chi connectivity index (χ3v) is 6.25. The molecule has 1 spiro atoms. The highest BCUT2D eigenvalue weighted by atomic mass is 16.5. The highest BCUT2D eigenvalue weighted by Crippen LogP contribution is 2.64. The Morgan fingerprint density at radius 3 is 3.00 bits per heavy atom. The Hall–Kier alpha value is -1.30. The van der Waals surface area contributed by atoms with Crippen molar-refractivity contribution < 1.29 is 20.1 Å². The number of ether oxygens (including phenoxy) is 1. The number of phenols is 1. The van der Waals surface area contributed by atoms with Crippen LogP contribution in [0.25, 0.3) is 0 Å². The monoisotopic (exact) mass is 289 g/mol. The molecule has 2 bridgehead atoms. The van der Waals surface area contributed by atoms with Crippen molar-refractivity contribution >= 4 is 0 Å². The predicted octanol–water partition coefficient (Wildman–Crippen LogP) is 0.195. The number of piperidine rings is 1.